The van der Waals surface area contributed by atoms with Gasteiger partial charge in [-0.1, -0.05) is 48.5 Å². The summed E-state index contributed by atoms with van der Waals surface area (Å²) in [6.07, 6.45) is -0.638. The van der Waals surface area contributed by atoms with Crippen LogP contribution in [0.3, 0.4) is 0 Å². The summed E-state index contributed by atoms with van der Waals surface area (Å²) in [5.74, 6) is 1.12. The van der Waals surface area contributed by atoms with Crippen molar-refractivity contribution in [2.45, 2.75) is 20.0 Å². The van der Waals surface area contributed by atoms with Crippen LogP contribution >= 0.6 is 0 Å². The van der Waals surface area contributed by atoms with Crippen molar-refractivity contribution in [3.05, 3.63) is 66.7 Å². The molecule has 0 aromatic heterocycles. The van der Waals surface area contributed by atoms with Crippen LogP contribution in [0, 0.1) is 0 Å². The van der Waals surface area contributed by atoms with Crippen LogP contribution in [-0.4, -0.2) is 18.6 Å². The molecule has 1 atom stereocenters. The SMILES string of the molecule is CCOc1ccccc1NC(=O)C(C)Oc1cccc2ccccc12. The van der Waals surface area contributed by atoms with Gasteiger partial charge in [0.2, 0.25) is 0 Å². The van der Waals surface area contributed by atoms with Crippen LogP contribution in [0.1, 0.15) is 13.8 Å². The van der Waals surface area contributed by atoms with Crippen LogP contribution in [0.5, 0.6) is 11.5 Å². The van der Waals surface area contributed by atoms with Crippen LogP contribution in [-0.2, 0) is 4.79 Å². The van der Waals surface area contributed by atoms with Gasteiger partial charge in [-0.3, -0.25) is 4.79 Å². The molecule has 1 N–H and O–H groups in total. The molecule has 4 heteroatoms. The number of rotatable bonds is 6. The lowest BCUT2D eigenvalue weighted by molar-refractivity contribution is -0.122. The van der Waals surface area contributed by atoms with Crippen molar-refractivity contribution in [3.8, 4) is 11.5 Å². The van der Waals surface area contributed by atoms with E-state index >= 15 is 0 Å². The second kappa shape index (κ2) is 7.71. The van der Waals surface area contributed by atoms with E-state index in [1.165, 1.54) is 0 Å². The summed E-state index contributed by atoms with van der Waals surface area (Å²) in [7, 11) is 0. The fourth-order valence-corrected chi connectivity index (χ4v) is 2.63. The maximum Gasteiger partial charge on any atom is 0.265 e. The van der Waals surface area contributed by atoms with E-state index in [2.05, 4.69) is 5.32 Å². The molecular weight excluding hydrogens is 314 g/mol. The monoisotopic (exact) mass is 335 g/mol. The molecule has 0 bridgehead atoms. The minimum atomic E-state index is -0.638. The van der Waals surface area contributed by atoms with Gasteiger partial charge in [0.25, 0.3) is 5.91 Å². The molecule has 4 nitrogen and oxygen atoms in total. The Morgan fingerprint density at radius 3 is 2.48 bits per heavy atom. The van der Waals surface area contributed by atoms with E-state index in [9.17, 15) is 4.79 Å². The molecule has 1 unspecified atom stereocenters. The van der Waals surface area contributed by atoms with Crippen molar-refractivity contribution in [2.24, 2.45) is 0 Å². The van der Waals surface area contributed by atoms with Crippen LogP contribution < -0.4 is 14.8 Å². The Labute approximate surface area is 147 Å². The van der Waals surface area contributed by atoms with Crippen LogP contribution in [0.25, 0.3) is 10.8 Å². The number of amides is 1. The zero-order valence-corrected chi connectivity index (χ0v) is 14.4. The van der Waals surface area contributed by atoms with Gasteiger partial charge in [0.05, 0.1) is 12.3 Å². The lowest BCUT2D eigenvalue weighted by atomic mass is 10.1. The van der Waals surface area contributed by atoms with Crippen LogP contribution in [0.15, 0.2) is 66.7 Å². The molecule has 0 aliphatic heterocycles. The van der Waals surface area contributed by atoms with Crippen molar-refractivity contribution in [1.82, 2.24) is 0 Å². The Bertz CT molecular complexity index is 870. The van der Waals surface area contributed by atoms with Gasteiger partial charge >= 0.3 is 0 Å². The molecule has 0 radical (unpaired) electrons. The van der Waals surface area contributed by atoms with E-state index in [1.54, 1.807) is 6.92 Å². The zero-order chi connectivity index (χ0) is 17.6. The molecule has 0 aliphatic carbocycles. The van der Waals surface area contributed by atoms with E-state index in [0.717, 1.165) is 10.8 Å². The number of carbonyl (C=O) groups excluding carboxylic acids is 1. The van der Waals surface area contributed by atoms with E-state index < -0.39 is 6.10 Å². The molecule has 0 saturated carbocycles. The predicted molar refractivity (Wildman–Crippen MR) is 100 cm³/mol. The van der Waals surface area contributed by atoms with Crippen molar-refractivity contribution < 1.29 is 14.3 Å². The van der Waals surface area contributed by atoms with Crippen molar-refractivity contribution in [3.63, 3.8) is 0 Å². The van der Waals surface area contributed by atoms with Gasteiger partial charge in [0, 0.05) is 5.39 Å². The molecule has 128 valence electrons. The summed E-state index contributed by atoms with van der Waals surface area (Å²) < 4.78 is 11.4. The standard InChI is InChI=1S/C21H21NO3/c1-3-24-20-13-7-6-12-18(20)22-21(23)15(2)25-19-14-8-10-16-9-4-5-11-17(16)19/h4-15H,3H2,1-2H3,(H,22,23). The normalized spacial score (nSPS) is 11.8. The maximum atomic E-state index is 12.5. The molecule has 0 heterocycles. The highest BCUT2D eigenvalue weighted by molar-refractivity contribution is 5.96. The topological polar surface area (TPSA) is 47.6 Å². The third-order valence-corrected chi connectivity index (χ3v) is 3.87. The highest BCUT2D eigenvalue weighted by Gasteiger charge is 2.17. The number of anilines is 1. The van der Waals surface area contributed by atoms with Gasteiger partial charge in [0.15, 0.2) is 6.10 Å². The van der Waals surface area contributed by atoms with Crippen molar-refractivity contribution in [2.75, 3.05) is 11.9 Å². The molecule has 3 rings (SSSR count). The number of hydrogen-bond acceptors (Lipinski definition) is 3. The van der Waals surface area contributed by atoms with Gasteiger partial charge in [-0.05, 0) is 37.4 Å². The minimum absolute atomic E-state index is 0.222. The number of nitrogens with one attached hydrogen (secondary N) is 1. The number of ether oxygens (including phenoxy) is 2. The summed E-state index contributed by atoms with van der Waals surface area (Å²) in [6, 6.07) is 21.1. The minimum Gasteiger partial charge on any atom is -0.492 e. The first kappa shape index (κ1) is 16.8. The first-order chi connectivity index (χ1) is 12.2. The van der Waals surface area contributed by atoms with E-state index in [4.69, 9.17) is 9.47 Å². The molecule has 3 aromatic rings. The number of fused-ring (bicyclic) bond motifs is 1. The average molecular weight is 335 g/mol. The zero-order valence-electron chi connectivity index (χ0n) is 14.4. The van der Waals surface area contributed by atoms with Crippen LogP contribution in [0.2, 0.25) is 0 Å². The molecule has 0 aliphatic rings. The van der Waals surface area contributed by atoms with Crippen molar-refractivity contribution >= 4 is 22.4 Å². The number of para-hydroxylation sites is 2. The summed E-state index contributed by atoms with van der Waals surface area (Å²) in [6.45, 7) is 4.18. The lowest BCUT2D eigenvalue weighted by Gasteiger charge is -2.17. The summed E-state index contributed by atoms with van der Waals surface area (Å²) in [4.78, 5) is 12.5. The third kappa shape index (κ3) is 3.91. The first-order valence-corrected chi connectivity index (χ1v) is 8.36. The second-order valence-corrected chi connectivity index (χ2v) is 5.66. The Kier molecular flexibility index (Phi) is 5.19. The largest absolute Gasteiger partial charge is 0.492 e. The molecule has 0 fully saturated rings. The highest BCUT2D eigenvalue weighted by Crippen LogP contribution is 2.27. The maximum absolute atomic E-state index is 12.5. The quantitative estimate of drug-likeness (QED) is 0.713. The second-order valence-electron chi connectivity index (χ2n) is 5.66. The first-order valence-electron chi connectivity index (χ1n) is 8.36. The Morgan fingerprint density at radius 2 is 1.64 bits per heavy atom. The molecule has 1 amide bonds. The highest BCUT2D eigenvalue weighted by atomic mass is 16.5. The lowest BCUT2D eigenvalue weighted by Crippen LogP contribution is -2.30. The molecule has 0 saturated heterocycles. The molecule has 0 spiro atoms. The number of hydrogen-bond donors (Lipinski definition) is 1. The number of carbonyl (C=O) groups is 1. The molecular formula is C21H21NO3. The summed E-state index contributed by atoms with van der Waals surface area (Å²) in [5.41, 5.74) is 0.641. The Morgan fingerprint density at radius 1 is 0.960 bits per heavy atom. The van der Waals surface area contributed by atoms with Gasteiger partial charge in [-0.15, -0.1) is 0 Å². The Balaban J connectivity index is 1.75. The van der Waals surface area contributed by atoms with Gasteiger partial charge < -0.3 is 14.8 Å². The average Bonchev–Trinajstić information content (AvgIpc) is 2.64. The van der Waals surface area contributed by atoms with Gasteiger partial charge in [0.1, 0.15) is 11.5 Å². The van der Waals surface area contributed by atoms with E-state index in [1.807, 2.05) is 73.7 Å². The van der Waals surface area contributed by atoms with E-state index in [-0.39, 0.29) is 5.91 Å². The van der Waals surface area contributed by atoms with E-state index in [0.29, 0.717) is 23.8 Å². The fourth-order valence-electron chi connectivity index (χ4n) is 2.63. The number of benzene rings is 3. The molecule has 25 heavy (non-hydrogen) atoms. The van der Waals surface area contributed by atoms with Gasteiger partial charge in [-0.25, -0.2) is 0 Å². The predicted octanol–water partition coefficient (Wildman–Crippen LogP) is 4.64. The Hall–Kier alpha value is -3.01. The summed E-state index contributed by atoms with van der Waals surface area (Å²) in [5, 5.41) is 4.94. The third-order valence-electron chi connectivity index (χ3n) is 3.87. The smallest absolute Gasteiger partial charge is 0.265 e. The molecule has 3 aromatic carbocycles. The van der Waals surface area contributed by atoms with Crippen LogP contribution in [0.4, 0.5) is 5.69 Å². The summed E-state index contributed by atoms with van der Waals surface area (Å²) >= 11 is 0. The van der Waals surface area contributed by atoms with Gasteiger partial charge in [-0.2, -0.15) is 0 Å². The van der Waals surface area contributed by atoms with Crippen molar-refractivity contribution in [1.29, 1.82) is 0 Å². The fraction of sp³-hybridized carbons (Fsp3) is 0.190.